The molecular weight excluding hydrogens is 334 g/mol. The molecule has 1 fully saturated rings. The van der Waals surface area contributed by atoms with Gasteiger partial charge in [0.2, 0.25) is 11.6 Å². The predicted molar refractivity (Wildman–Crippen MR) is 99.8 cm³/mol. The monoisotopic (exact) mass is 366 g/mol. The minimum Gasteiger partial charge on any atom is -0.490 e. The number of hydrogen-bond donors (Lipinski definition) is 0. The molecule has 0 saturated heterocycles. The minimum atomic E-state index is -0.910. The molecule has 2 nitrogen and oxygen atoms in total. The summed E-state index contributed by atoms with van der Waals surface area (Å²) in [4.78, 5) is 0. The summed E-state index contributed by atoms with van der Waals surface area (Å²) < 4.78 is 39.4. The van der Waals surface area contributed by atoms with Crippen LogP contribution < -0.4 is 9.47 Å². The molecule has 0 spiro atoms. The molecule has 1 unspecified atom stereocenters. The average Bonchev–Trinajstić information content (AvgIpc) is 2.68. The van der Waals surface area contributed by atoms with E-state index in [1.807, 2.05) is 0 Å². The lowest BCUT2D eigenvalue weighted by Crippen LogP contribution is -2.24. The van der Waals surface area contributed by atoms with E-state index in [0.717, 1.165) is 36.7 Å². The molecule has 1 aromatic rings. The fourth-order valence-electron chi connectivity index (χ4n) is 4.41. The second-order valence-electron chi connectivity index (χ2n) is 8.15. The Hall–Kier alpha value is -1.32. The first kappa shape index (κ1) is 19.4. The van der Waals surface area contributed by atoms with E-state index in [2.05, 4.69) is 13.8 Å². The summed E-state index contributed by atoms with van der Waals surface area (Å²) in [6.45, 7) is 5.55. The second kappa shape index (κ2) is 9.05. The highest BCUT2D eigenvalue weighted by Gasteiger charge is 2.27. The highest BCUT2D eigenvalue weighted by atomic mass is 19.2. The SMILES string of the molecule is CCCCC(C)C1CCC(COc2cc3c(c(F)c2F)OCCC3)CC1. The number of unbranched alkanes of at least 4 members (excludes halogenated alkanes) is 1. The lowest BCUT2D eigenvalue weighted by atomic mass is 9.75. The van der Waals surface area contributed by atoms with Gasteiger partial charge in [0.1, 0.15) is 0 Å². The van der Waals surface area contributed by atoms with Crippen LogP contribution in [0.5, 0.6) is 11.5 Å². The van der Waals surface area contributed by atoms with Crippen molar-refractivity contribution in [1.29, 1.82) is 0 Å². The molecule has 2 aliphatic rings. The van der Waals surface area contributed by atoms with Gasteiger partial charge in [0.25, 0.3) is 0 Å². The standard InChI is InChI=1S/C22H32F2O2/c1-3-4-6-15(2)17-10-8-16(9-11-17)14-26-19-13-18-7-5-12-25-22(18)21(24)20(19)23/h13,15-17H,3-12,14H2,1-2H3. The first-order chi connectivity index (χ1) is 12.6. The zero-order valence-electron chi connectivity index (χ0n) is 16.2. The Morgan fingerprint density at radius 3 is 2.69 bits per heavy atom. The molecule has 26 heavy (non-hydrogen) atoms. The smallest absolute Gasteiger partial charge is 0.204 e. The van der Waals surface area contributed by atoms with Crippen LogP contribution in [0.3, 0.4) is 0 Å². The Kier molecular flexibility index (Phi) is 6.77. The molecule has 1 aliphatic carbocycles. The average molecular weight is 366 g/mol. The van der Waals surface area contributed by atoms with Crippen LogP contribution in [-0.4, -0.2) is 13.2 Å². The third-order valence-electron chi connectivity index (χ3n) is 6.23. The highest BCUT2D eigenvalue weighted by Crippen LogP contribution is 2.38. The van der Waals surface area contributed by atoms with Gasteiger partial charge in [-0.15, -0.1) is 0 Å². The van der Waals surface area contributed by atoms with Crippen molar-refractivity contribution >= 4 is 0 Å². The van der Waals surface area contributed by atoms with Crippen molar-refractivity contribution in [2.75, 3.05) is 13.2 Å². The number of halogens is 2. The third kappa shape index (κ3) is 4.50. The van der Waals surface area contributed by atoms with E-state index in [0.29, 0.717) is 25.6 Å². The lowest BCUT2D eigenvalue weighted by Gasteiger charge is -2.32. The molecule has 1 heterocycles. The molecule has 0 N–H and O–H groups in total. The molecule has 3 rings (SSSR count). The Morgan fingerprint density at radius 2 is 1.96 bits per heavy atom. The molecule has 4 heteroatoms. The van der Waals surface area contributed by atoms with E-state index in [1.54, 1.807) is 6.07 Å². The maximum atomic E-state index is 14.3. The number of ether oxygens (including phenoxy) is 2. The van der Waals surface area contributed by atoms with E-state index in [1.165, 1.54) is 32.1 Å². The first-order valence-electron chi connectivity index (χ1n) is 10.4. The molecule has 1 aliphatic heterocycles. The molecule has 0 radical (unpaired) electrons. The summed E-state index contributed by atoms with van der Waals surface area (Å²) in [5.41, 5.74) is 0.721. The predicted octanol–water partition coefficient (Wildman–Crippen LogP) is 6.30. The van der Waals surface area contributed by atoms with Crippen molar-refractivity contribution in [2.24, 2.45) is 17.8 Å². The van der Waals surface area contributed by atoms with Gasteiger partial charge >= 0.3 is 0 Å². The normalized spacial score (nSPS) is 23.8. The fourth-order valence-corrected chi connectivity index (χ4v) is 4.41. The number of hydrogen-bond acceptors (Lipinski definition) is 2. The summed E-state index contributed by atoms with van der Waals surface area (Å²) in [5, 5.41) is 0. The van der Waals surface area contributed by atoms with E-state index >= 15 is 0 Å². The van der Waals surface area contributed by atoms with Gasteiger partial charge in [0.05, 0.1) is 13.2 Å². The number of benzene rings is 1. The molecule has 1 saturated carbocycles. The van der Waals surface area contributed by atoms with E-state index in [-0.39, 0.29) is 11.5 Å². The zero-order valence-corrected chi connectivity index (χ0v) is 16.2. The first-order valence-corrected chi connectivity index (χ1v) is 10.4. The molecule has 0 aromatic heterocycles. The number of rotatable bonds is 7. The molecular formula is C22H32F2O2. The number of fused-ring (bicyclic) bond motifs is 1. The van der Waals surface area contributed by atoms with Crippen molar-refractivity contribution in [2.45, 2.75) is 71.6 Å². The van der Waals surface area contributed by atoms with Gasteiger partial charge < -0.3 is 9.47 Å². The van der Waals surface area contributed by atoms with Gasteiger partial charge in [-0.1, -0.05) is 33.1 Å². The molecule has 0 amide bonds. The molecule has 146 valence electrons. The molecule has 1 atom stereocenters. The van der Waals surface area contributed by atoms with Crippen molar-refractivity contribution in [1.82, 2.24) is 0 Å². The van der Waals surface area contributed by atoms with Gasteiger partial charge in [-0.25, -0.2) is 0 Å². The highest BCUT2D eigenvalue weighted by molar-refractivity contribution is 5.44. The second-order valence-corrected chi connectivity index (χ2v) is 8.15. The van der Waals surface area contributed by atoms with Crippen molar-refractivity contribution in [3.63, 3.8) is 0 Å². The Morgan fingerprint density at radius 1 is 1.19 bits per heavy atom. The van der Waals surface area contributed by atoms with Gasteiger partial charge in [-0.05, 0) is 62.3 Å². The summed E-state index contributed by atoms with van der Waals surface area (Å²) >= 11 is 0. The summed E-state index contributed by atoms with van der Waals surface area (Å²) in [7, 11) is 0. The van der Waals surface area contributed by atoms with Crippen LogP contribution >= 0.6 is 0 Å². The quantitative estimate of drug-likeness (QED) is 0.564. The minimum absolute atomic E-state index is 0.0465. The Balaban J connectivity index is 1.52. The van der Waals surface area contributed by atoms with Gasteiger partial charge in [0.15, 0.2) is 11.5 Å². The van der Waals surface area contributed by atoms with Gasteiger partial charge in [-0.3, -0.25) is 0 Å². The topological polar surface area (TPSA) is 18.5 Å². The van der Waals surface area contributed by atoms with Crippen LogP contribution in [0.2, 0.25) is 0 Å². The molecule has 0 bridgehead atoms. The Bertz CT molecular complexity index is 594. The fraction of sp³-hybridized carbons (Fsp3) is 0.727. The van der Waals surface area contributed by atoms with Crippen molar-refractivity contribution in [3.8, 4) is 11.5 Å². The van der Waals surface area contributed by atoms with Crippen LogP contribution in [0.25, 0.3) is 0 Å². The van der Waals surface area contributed by atoms with Crippen LogP contribution in [0, 0.1) is 29.4 Å². The zero-order chi connectivity index (χ0) is 18.5. The van der Waals surface area contributed by atoms with Gasteiger partial charge in [-0.2, -0.15) is 8.78 Å². The maximum Gasteiger partial charge on any atom is 0.204 e. The van der Waals surface area contributed by atoms with Crippen molar-refractivity contribution in [3.05, 3.63) is 23.3 Å². The molecule has 1 aromatic carbocycles. The van der Waals surface area contributed by atoms with Crippen LogP contribution in [0.15, 0.2) is 6.07 Å². The maximum absolute atomic E-state index is 14.3. The third-order valence-corrected chi connectivity index (χ3v) is 6.23. The van der Waals surface area contributed by atoms with Crippen molar-refractivity contribution < 1.29 is 18.3 Å². The van der Waals surface area contributed by atoms with E-state index in [9.17, 15) is 8.78 Å². The van der Waals surface area contributed by atoms with E-state index in [4.69, 9.17) is 9.47 Å². The summed E-state index contributed by atoms with van der Waals surface area (Å²) in [5.74, 6) is 0.363. The van der Waals surface area contributed by atoms with Gasteiger partial charge in [0, 0.05) is 5.56 Å². The Labute approximate surface area is 156 Å². The van der Waals surface area contributed by atoms with E-state index < -0.39 is 11.6 Å². The lowest BCUT2D eigenvalue weighted by molar-refractivity contribution is 0.150. The summed E-state index contributed by atoms with van der Waals surface area (Å²) in [6, 6.07) is 1.63. The van der Waals surface area contributed by atoms with Crippen LogP contribution in [0.1, 0.15) is 70.8 Å². The largest absolute Gasteiger partial charge is 0.490 e. The number of aryl methyl sites for hydroxylation is 1. The van der Waals surface area contributed by atoms with Crippen LogP contribution in [-0.2, 0) is 6.42 Å². The summed E-state index contributed by atoms with van der Waals surface area (Å²) in [6.07, 6.45) is 10.2. The van der Waals surface area contributed by atoms with Crippen LogP contribution in [0.4, 0.5) is 8.78 Å².